The van der Waals surface area contributed by atoms with Crippen LogP contribution in [0.1, 0.15) is 52.5 Å². The molecule has 0 unspecified atom stereocenters. The molecular weight excluding hydrogens is 516 g/mol. The molecule has 2 heterocycles. The second-order valence-electron chi connectivity index (χ2n) is 10.1. The van der Waals surface area contributed by atoms with Crippen molar-refractivity contribution in [2.24, 2.45) is 0 Å². The number of hydrogen-bond acceptors (Lipinski definition) is 6. The van der Waals surface area contributed by atoms with Crippen LogP contribution >= 0.6 is 0 Å². The summed E-state index contributed by atoms with van der Waals surface area (Å²) in [6.07, 6.45) is 6.10. The third-order valence-electron chi connectivity index (χ3n) is 6.74. The minimum absolute atomic E-state index is 0.0380. The first-order chi connectivity index (χ1) is 19.8. The molecule has 0 N–H and O–H groups in total. The summed E-state index contributed by atoms with van der Waals surface area (Å²) in [6.45, 7) is 8.80. The minimum atomic E-state index is -0.575. The third-order valence-corrected chi connectivity index (χ3v) is 6.74. The fourth-order valence-electron chi connectivity index (χ4n) is 4.53. The number of aromatic nitrogens is 2. The van der Waals surface area contributed by atoms with E-state index in [1.165, 1.54) is 0 Å². The predicted octanol–water partition coefficient (Wildman–Crippen LogP) is 6.13. The average Bonchev–Trinajstić information content (AvgIpc) is 3.40. The second-order valence-corrected chi connectivity index (χ2v) is 10.1. The number of nitriles is 1. The van der Waals surface area contributed by atoms with Crippen molar-refractivity contribution in [3.63, 3.8) is 0 Å². The molecule has 2 aromatic carbocycles. The third kappa shape index (κ3) is 7.00. The highest BCUT2D eigenvalue weighted by molar-refractivity contribution is 6.19. The second kappa shape index (κ2) is 13.7. The summed E-state index contributed by atoms with van der Waals surface area (Å²) in [7, 11) is 0. The van der Waals surface area contributed by atoms with E-state index in [4.69, 9.17) is 14.6 Å². The molecule has 2 amide bonds. The van der Waals surface area contributed by atoms with Gasteiger partial charge in [0, 0.05) is 36.0 Å². The van der Waals surface area contributed by atoms with Gasteiger partial charge in [0.1, 0.15) is 23.1 Å². The normalized spacial score (nSPS) is 14.7. The monoisotopic (exact) mass is 552 g/mol. The summed E-state index contributed by atoms with van der Waals surface area (Å²) in [6, 6.07) is 19.4. The smallest absolute Gasteiger partial charge is 0.271 e. The van der Waals surface area contributed by atoms with Crippen LogP contribution in [0.25, 0.3) is 23.0 Å². The number of unbranched alkanes of at least 4 members (excludes halogenated alkanes) is 1. The van der Waals surface area contributed by atoms with Gasteiger partial charge in [0.05, 0.1) is 18.4 Å². The molecule has 0 aliphatic carbocycles. The molecule has 3 aromatic rings. The van der Waals surface area contributed by atoms with Crippen LogP contribution in [0.4, 0.5) is 0 Å². The average molecular weight is 553 g/mol. The molecule has 1 aliphatic heterocycles. The Balaban J connectivity index is 1.78. The van der Waals surface area contributed by atoms with Crippen LogP contribution < -0.4 is 4.74 Å². The van der Waals surface area contributed by atoms with Gasteiger partial charge in [0.15, 0.2) is 0 Å². The summed E-state index contributed by atoms with van der Waals surface area (Å²) in [5.74, 6) is -0.277. The molecule has 8 nitrogen and oxygen atoms in total. The Morgan fingerprint density at radius 3 is 2.51 bits per heavy atom. The number of amides is 2. The number of imide groups is 1. The minimum Gasteiger partial charge on any atom is -0.494 e. The van der Waals surface area contributed by atoms with E-state index in [-0.39, 0.29) is 23.8 Å². The van der Waals surface area contributed by atoms with Gasteiger partial charge in [-0.25, -0.2) is 4.68 Å². The zero-order valence-corrected chi connectivity index (χ0v) is 24.1. The molecule has 8 heteroatoms. The van der Waals surface area contributed by atoms with E-state index >= 15 is 0 Å². The van der Waals surface area contributed by atoms with E-state index in [2.05, 4.69) is 6.92 Å². The van der Waals surface area contributed by atoms with Gasteiger partial charge in [-0.15, -0.1) is 0 Å². The molecule has 0 atom stereocenters. The summed E-state index contributed by atoms with van der Waals surface area (Å²) in [5.41, 5.74) is 3.61. The van der Waals surface area contributed by atoms with Crippen LogP contribution in [-0.2, 0) is 14.3 Å². The molecule has 0 fully saturated rings. The standard InChI is InChI=1S/C33H36N4O4/c1-5-6-17-41-28-15-10-12-25(19-28)31-26(22-37(35-31)27-13-8-7-9-14-27)20-29-24(4)30(21-34)33(39)36(32(29)38)16-11-18-40-23(2)3/h7-10,12-15,19-20,22-23H,5-6,11,16-18H2,1-4H3/b29-20+. The van der Waals surface area contributed by atoms with Crippen molar-refractivity contribution in [2.45, 2.75) is 53.1 Å². The van der Waals surface area contributed by atoms with Crippen LogP contribution in [0.2, 0.25) is 0 Å². The Bertz CT molecular complexity index is 1490. The molecule has 1 aromatic heterocycles. The van der Waals surface area contributed by atoms with Crippen LogP contribution in [0, 0.1) is 11.3 Å². The number of para-hydroxylation sites is 1. The van der Waals surface area contributed by atoms with Gasteiger partial charge >= 0.3 is 0 Å². The number of benzene rings is 2. The molecule has 41 heavy (non-hydrogen) atoms. The van der Waals surface area contributed by atoms with E-state index in [0.717, 1.165) is 34.7 Å². The Morgan fingerprint density at radius 2 is 1.80 bits per heavy atom. The maximum atomic E-state index is 13.7. The van der Waals surface area contributed by atoms with E-state index in [1.807, 2.05) is 80.7 Å². The Hall–Kier alpha value is -4.48. The van der Waals surface area contributed by atoms with Gasteiger partial charge in [-0.05, 0) is 69.5 Å². The van der Waals surface area contributed by atoms with Gasteiger partial charge < -0.3 is 9.47 Å². The first kappa shape index (κ1) is 29.5. The molecule has 212 valence electrons. The Morgan fingerprint density at radius 1 is 1.02 bits per heavy atom. The molecule has 0 radical (unpaired) electrons. The van der Waals surface area contributed by atoms with E-state index in [1.54, 1.807) is 17.7 Å². The molecule has 0 saturated carbocycles. The number of nitrogens with zero attached hydrogens (tertiary/aromatic N) is 4. The molecule has 4 rings (SSSR count). The van der Waals surface area contributed by atoms with Gasteiger partial charge in [0.2, 0.25) is 0 Å². The number of carbonyl (C=O) groups excluding carboxylic acids is 2. The van der Waals surface area contributed by atoms with Crippen LogP contribution in [0.3, 0.4) is 0 Å². The number of ether oxygens (including phenoxy) is 2. The largest absolute Gasteiger partial charge is 0.494 e. The van der Waals surface area contributed by atoms with Crippen molar-refractivity contribution in [1.82, 2.24) is 14.7 Å². The lowest BCUT2D eigenvalue weighted by Crippen LogP contribution is -2.43. The van der Waals surface area contributed by atoms with Crippen molar-refractivity contribution in [3.05, 3.63) is 83.1 Å². The van der Waals surface area contributed by atoms with Gasteiger partial charge in [-0.3, -0.25) is 14.5 Å². The summed E-state index contributed by atoms with van der Waals surface area (Å²) >= 11 is 0. The molecule has 0 spiro atoms. The highest BCUT2D eigenvalue weighted by Crippen LogP contribution is 2.32. The van der Waals surface area contributed by atoms with Gasteiger partial charge in [-0.1, -0.05) is 43.7 Å². The van der Waals surface area contributed by atoms with Crippen molar-refractivity contribution in [1.29, 1.82) is 5.26 Å². The van der Waals surface area contributed by atoms with Crippen molar-refractivity contribution in [2.75, 3.05) is 19.8 Å². The number of hydrogen-bond donors (Lipinski definition) is 0. The Kier molecular flexibility index (Phi) is 9.88. The molecule has 0 saturated heterocycles. The predicted molar refractivity (Wildman–Crippen MR) is 158 cm³/mol. The first-order valence-corrected chi connectivity index (χ1v) is 14.0. The van der Waals surface area contributed by atoms with Crippen LogP contribution in [0.15, 0.2) is 77.5 Å². The lowest BCUT2D eigenvalue weighted by atomic mass is 9.93. The van der Waals surface area contributed by atoms with E-state index in [0.29, 0.717) is 36.5 Å². The maximum absolute atomic E-state index is 13.7. The van der Waals surface area contributed by atoms with Crippen LogP contribution in [-0.4, -0.2) is 52.4 Å². The van der Waals surface area contributed by atoms with Crippen LogP contribution in [0.5, 0.6) is 5.75 Å². The highest BCUT2D eigenvalue weighted by Gasteiger charge is 2.35. The summed E-state index contributed by atoms with van der Waals surface area (Å²) in [5, 5.41) is 14.7. The molecule has 1 aliphatic rings. The summed E-state index contributed by atoms with van der Waals surface area (Å²) in [4.78, 5) is 27.9. The van der Waals surface area contributed by atoms with Gasteiger partial charge in [-0.2, -0.15) is 10.4 Å². The SMILES string of the molecule is CCCCOc1cccc(-c2nn(-c3ccccc3)cc2/C=C2/C(=O)N(CCCOC(C)C)C(=O)C(C#N)=C2C)c1. The zero-order chi connectivity index (χ0) is 29.4. The Labute approximate surface area is 241 Å². The van der Waals surface area contributed by atoms with Crippen molar-refractivity contribution in [3.8, 4) is 28.8 Å². The maximum Gasteiger partial charge on any atom is 0.271 e. The number of carbonyl (C=O) groups is 2. The van der Waals surface area contributed by atoms with E-state index in [9.17, 15) is 14.9 Å². The van der Waals surface area contributed by atoms with Gasteiger partial charge in [0.25, 0.3) is 11.8 Å². The quantitative estimate of drug-likeness (QED) is 0.152. The van der Waals surface area contributed by atoms with E-state index < -0.39 is 11.8 Å². The summed E-state index contributed by atoms with van der Waals surface area (Å²) < 4.78 is 13.3. The molecular formula is C33H36N4O4. The zero-order valence-electron chi connectivity index (χ0n) is 24.1. The lowest BCUT2D eigenvalue weighted by molar-refractivity contribution is -0.140. The highest BCUT2D eigenvalue weighted by atomic mass is 16.5. The topological polar surface area (TPSA) is 97.4 Å². The van der Waals surface area contributed by atoms with Crippen molar-refractivity contribution < 1.29 is 19.1 Å². The van der Waals surface area contributed by atoms with Crippen molar-refractivity contribution >= 4 is 17.9 Å². The lowest BCUT2D eigenvalue weighted by Gasteiger charge is -2.27. The fraction of sp³-hybridized carbons (Fsp3) is 0.333. The first-order valence-electron chi connectivity index (χ1n) is 14.0. The molecule has 0 bridgehead atoms. The fourth-order valence-corrected chi connectivity index (χ4v) is 4.53. The number of rotatable bonds is 12.